The lowest BCUT2D eigenvalue weighted by Crippen LogP contribution is -2.30. The highest BCUT2D eigenvalue weighted by Gasteiger charge is 2.33. The first-order chi connectivity index (χ1) is 13.4. The minimum atomic E-state index is -4.46. The largest absolute Gasteiger partial charge is 0.462 e. The van der Waals surface area contributed by atoms with Gasteiger partial charge in [-0.2, -0.15) is 18.2 Å². The number of fused-ring (bicyclic) bond motifs is 1. The van der Waals surface area contributed by atoms with E-state index in [2.05, 4.69) is 19.9 Å². The third kappa shape index (κ3) is 3.77. The number of halogens is 3. The van der Waals surface area contributed by atoms with E-state index in [-0.39, 0.29) is 17.3 Å². The summed E-state index contributed by atoms with van der Waals surface area (Å²) in [4.78, 5) is 15.0. The average molecular weight is 388 g/mol. The molecule has 3 heterocycles. The second-order valence-corrected chi connectivity index (χ2v) is 6.89. The number of nitrogens with zero attached hydrogens (tertiary/aromatic N) is 4. The van der Waals surface area contributed by atoms with Gasteiger partial charge < -0.3 is 9.64 Å². The maximum Gasteiger partial charge on any atom is 0.417 e. The standard InChI is InChI=1S/C20H19F3N4O/c1-27-10-4-5-14(27)12-28-19-24-11-13-8-9-17(25-18(13)26-19)15-6-2-3-7-16(15)20(21,22)23/h2-3,6-9,11,14H,4-5,10,12H2,1H3/t14-/m0/s1. The maximum absolute atomic E-state index is 13.3. The summed E-state index contributed by atoms with van der Waals surface area (Å²) in [5, 5.41) is 0.638. The van der Waals surface area contributed by atoms with Gasteiger partial charge in [-0.25, -0.2) is 9.97 Å². The van der Waals surface area contributed by atoms with E-state index in [9.17, 15) is 13.2 Å². The molecule has 0 bridgehead atoms. The van der Waals surface area contributed by atoms with E-state index in [1.807, 2.05) is 7.05 Å². The fourth-order valence-corrected chi connectivity index (χ4v) is 3.43. The van der Waals surface area contributed by atoms with Crippen molar-refractivity contribution in [2.24, 2.45) is 0 Å². The second-order valence-electron chi connectivity index (χ2n) is 6.89. The van der Waals surface area contributed by atoms with Crippen LogP contribution in [0.4, 0.5) is 13.2 Å². The van der Waals surface area contributed by atoms with Gasteiger partial charge in [0.1, 0.15) is 6.61 Å². The van der Waals surface area contributed by atoms with E-state index in [1.54, 1.807) is 24.4 Å². The third-order valence-corrected chi connectivity index (χ3v) is 5.01. The van der Waals surface area contributed by atoms with Crippen LogP contribution in [0, 0.1) is 0 Å². The Labute approximate surface area is 160 Å². The van der Waals surface area contributed by atoms with E-state index >= 15 is 0 Å². The quantitative estimate of drug-likeness (QED) is 0.671. The highest BCUT2D eigenvalue weighted by molar-refractivity contribution is 5.78. The van der Waals surface area contributed by atoms with Gasteiger partial charge in [-0.1, -0.05) is 18.2 Å². The van der Waals surface area contributed by atoms with Crippen molar-refractivity contribution in [3.8, 4) is 17.3 Å². The molecule has 2 aromatic heterocycles. The maximum atomic E-state index is 13.3. The van der Waals surface area contributed by atoms with Crippen molar-refractivity contribution in [1.29, 1.82) is 0 Å². The molecule has 1 atom stereocenters. The van der Waals surface area contributed by atoms with Gasteiger partial charge in [0.2, 0.25) is 0 Å². The fraction of sp³-hybridized carbons (Fsp3) is 0.350. The summed E-state index contributed by atoms with van der Waals surface area (Å²) in [5.74, 6) is 0. The van der Waals surface area contributed by atoms with Crippen molar-refractivity contribution in [3.63, 3.8) is 0 Å². The second kappa shape index (κ2) is 7.35. The molecule has 0 unspecified atom stereocenters. The molecule has 5 nitrogen and oxygen atoms in total. The number of benzene rings is 1. The normalized spacial score (nSPS) is 17.9. The smallest absolute Gasteiger partial charge is 0.417 e. The Morgan fingerprint density at radius 2 is 1.96 bits per heavy atom. The fourth-order valence-electron chi connectivity index (χ4n) is 3.43. The monoisotopic (exact) mass is 388 g/mol. The summed E-state index contributed by atoms with van der Waals surface area (Å²) in [5.41, 5.74) is -0.193. The van der Waals surface area contributed by atoms with Gasteiger partial charge >= 0.3 is 12.2 Å². The predicted octanol–water partition coefficient (Wildman–Crippen LogP) is 4.18. The van der Waals surface area contributed by atoms with E-state index < -0.39 is 11.7 Å². The van der Waals surface area contributed by atoms with Gasteiger partial charge in [0, 0.05) is 23.2 Å². The molecule has 1 aliphatic heterocycles. The van der Waals surface area contributed by atoms with Crippen molar-refractivity contribution in [2.75, 3.05) is 20.2 Å². The van der Waals surface area contributed by atoms with E-state index in [0.717, 1.165) is 25.5 Å². The number of pyridine rings is 1. The molecule has 1 aliphatic rings. The minimum Gasteiger partial charge on any atom is -0.462 e. The van der Waals surface area contributed by atoms with Gasteiger partial charge in [0.05, 0.1) is 11.3 Å². The molecule has 0 radical (unpaired) electrons. The van der Waals surface area contributed by atoms with Crippen LogP contribution in [0.2, 0.25) is 0 Å². The van der Waals surface area contributed by atoms with Crippen molar-refractivity contribution in [3.05, 3.63) is 48.2 Å². The number of hydrogen-bond donors (Lipinski definition) is 0. The summed E-state index contributed by atoms with van der Waals surface area (Å²) in [6.45, 7) is 1.51. The molecule has 0 spiro atoms. The van der Waals surface area contributed by atoms with Crippen LogP contribution < -0.4 is 4.74 Å². The van der Waals surface area contributed by atoms with Crippen LogP contribution in [0.3, 0.4) is 0 Å². The first-order valence-corrected chi connectivity index (χ1v) is 9.05. The Morgan fingerprint density at radius 3 is 2.71 bits per heavy atom. The zero-order valence-electron chi connectivity index (χ0n) is 15.3. The summed E-state index contributed by atoms with van der Waals surface area (Å²) >= 11 is 0. The van der Waals surface area contributed by atoms with Crippen LogP contribution in [0.1, 0.15) is 18.4 Å². The number of aromatic nitrogens is 3. The van der Waals surface area contributed by atoms with E-state index in [4.69, 9.17) is 4.74 Å². The van der Waals surface area contributed by atoms with Crippen molar-refractivity contribution >= 4 is 11.0 Å². The van der Waals surface area contributed by atoms with Crippen LogP contribution in [-0.4, -0.2) is 46.1 Å². The first kappa shape index (κ1) is 18.6. The van der Waals surface area contributed by atoms with Gasteiger partial charge in [0.25, 0.3) is 0 Å². The number of ether oxygens (including phenoxy) is 1. The van der Waals surface area contributed by atoms with Crippen LogP contribution in [-0.2, 0) is 6.18 Å². The predicted molar refractivity (Wildman–Crippen MR) is 98.9 cm³/mol. The lowest BCUT2D eigenvalue weighted by Gasteiger charge is -2.18. The SMILES string of the molecule is CN1CCC[C@H]1COc1ncc2ccc(-c3ccccc3C(F)(F)F)nc2n1. The lowest BCUT2D eigenvalue weighted by molar-refractivity contribution is -0.137. The number of hydrogen-bond acceptors (Lipinski definition) is 5. The Balaban J connectivity index is 1.64. The molecule has 28 heavy (non-hydrogen) atoms. The molecule has 1 saturated heterocycles. The molecule has 0 saturated carbocycles. The molecule has 1 aromatic carbocycles. The Kier molecular flexibility index (Phi) is 4.89. The molecule has 0 N–H and O–H groups in total. The minimum absolute atomic E-state index is 0.0190. The molecule has 0 aliphatic carbocycles. The van der Waals surface area contributed by atoms with Crippen LogP contribution >= 0.6 is 0 Å². The number of alkyl halides is 3. The number of likely N-dealkylation sites (tertiary alicyclic amines) is 1. The molecule has 8 heteroatoms. The highest BCUT2D eigenvalue weighted by atomic mass is 19.4. The van der Waals surface area contributed by atoms with Crippen molar-refractivity contribution < 1.29 is 17.9 Å². The molecule has 3 aromatic rings. The number of likely N-dealkylation sites (N-methyl/N-ethyl adjacent to an activating group) is 1. The van der Waals surface area contributed by atoms with Crippen LogP contribution in [0.5, 0.6) is 6.01 Å². The zero-order chi connectivity index (χ0) is 19.7. The highest BCUT2D eigenvalue weighted by Crippen LogP contribution is 2.36. The van der Waals surface area contributed by atoms with Gasteiger partial charge in [-0.15, -0.1) is 0 Å². The zero-order valence-corrected chi connectivity index (χ0v) is 15.3. The van der Waals surface area contributed by atoms with E-state index in [1.165, 1.54) is 12.1 Å². The van der Waals surface area contributed by atoms with Gasteiger partial charge in [-0.05, 0) is 44.6 Å². The molecule has 0 amide bonds. The summed E-state index contributed by atoms with van der Waals surface area (Å²) in [6.07, 6.45) is -0.698. The van der Waals surface area contributed by atoms with Crippen LogP contribution in [0.25, 0.3) is 22.3 Å². The third-order valence-electron chi connectivity index (χ3n) is 5.01. The lowest BCUT2D eigenvalue weighted by atomic mass is 10.0. The topological polar surface area (TPSA) is 51.1 Å². The molecule has 146 valence electrons. The Bertz CT molecular complexity index is 993. The Morgan fingerprint density at radius 1 is 1.14 bits per heavy atom. The van der Waals surface area contributed by atoms with Crippen LogP contribution in [0.15, 0.2) is 42.6 Å². The Hall–Kier alpha value is -2.74. The average Bonchev–Trinajstić information content (AvgIpc) is 3.10. The molecular formula is C20H19F3N4O. The molecule has 4 rings (SSSR count). The van der Waals surface area contributed by atoms with E-state index in [0.29, 0.717) is 23.7 Å². The van der Waals surface area contributed by atoms with Crippen molar-refractivity contribution in [1.82, 2.24) is 19.9 Å². The summed E-state index contributed by atoms with van der Waals surface area (Å²) in [6, 6.07) is 9.09. The van der Waals surface area contributed by atoms with Crippen molar-refractivity contribution in [2.45, 2.75) is 25.1 Å². The summed E-state index contributed by atoms with van der Waals surface area (Å²) in [7, 11) is 2.05. The molecular weight excluding hydrogens is 369 g/mol. The van der Waals surface area contributed by atoms with Gasteiger partial charge in [-0.3, -0.25) is 0 Å². The van der Waals surface area contributed by atoms with Gasteiger partial charge in [0.15, 0.2) is 5.65 Å². The first-order valence-electron chi connectivity index (χ1n) is 9.05. The molecule has 1 fully saturated rings. The number of rotatable bonds is 4. The summed E-state index contributed by atoms with van der Waals surface area (Å²) < 4.78 is 45.7.